The van der Waals surface area contributed by atoms with Crippen LogP contribution in [0.15, 0.2) is 18.2 Å². The normalized spacial score (nSPS) is 10.6. The SMILES string of the molecule is CCCN(c1ccc(C=O)c(Cl)c1)C(C)C. The van der Waals surface area contributed by atoms with Crippen molar-refractivity contribution in [3.8, 4) is 0 Å². The fourth-order valence-electron chi connectivity index (χ4n) is 1.72. The topological polar surface area (TPSA) is 20.3 Å². The second-order valence-electron chi connectivity index (χ2n) is 4.11. The van der Waals surface area contributed by atoms with Gasteiger partial charge in [-0.1, -0.05) is 18.5 Å². The molecule has 0 spiro atoms. The van der Waals surface area contributed by atoms with Crippen molar-refractivity contribution in [3.63, 3.8) is 0 Å². The van der Waals surface area contributed by atoms with Crippen LogP contribution in [-0.2, 0) is 0 Å². The lowest BCUT2D eigenvalue weighted by Gasteiger charge is -2.28. The lowest BCUT2D eigenvalue weighted by atomic mass is 10.1. The van der Waals surface area contributed by atoms with Gasteiger partial charge in [-0.3, -0.25) is 4.79 Å². The van der Waals surface area contributed by atoms with Gasteiger partial charge in [0.1, 0.15) is 0 Å². The highest BCUT2D eigenvalue weighted by Gasteiger charge is 2.10. The van der Waals surface area contributed by atoms with Gasteiger partial charge in [-0.05, 0) is 38.5 Å². The number of hydrogen-bond donors (Lipinski definition) is 0. The number of anilines is 1. The zero-order valence-corrected chi connectivity index (χ0v) is 10.8. The summed E-state index contributed by atoms with van der Waals surface area (Å²) in [5, 5.41) is 0.522. The van der Waals surface area contributed by atoms with Crippen LogP contribution in [0.1, 0.15) is 37.6 Å². The van der Waals surface area contributed by atoms with Gasteiger partial charge in [0.2, 0.25) is 0 Å². The van der Waals surface area contributed by atoms with Gasteiger partial charge in [-0.2, -0.15) is 0 Å². The predicted molar refractivity (Wildman–Crippen MR) is 69.6 cm³/mol. The van der Waals surface area contributed by atoms with Crippen molar-refractivity contribution >= 4 is 23.6 Å². The zero-order valence-electron chi connectivity index (χ0n) is 10.0. The second kappa shape index (κ2) is 5.90. The molecular weight excluding hydrogens is 222 g/mol. The molecule has 0 aromatic heterocycles. The number of carbonyl (C=O) groups excluding carboxylic acids is 1. The summed E-state index contributed by atoms with van der Waals surface area (Å²) in [7, 11) is 0. The predicted octanol–water partition coefficient (Wildman–Crippen LogP) is 3.78. The number of carbonyl (C=O) groups is 1. The summed E-state index contributed by atoms with van der Waals surface area (Å²) in [5.74, 6) is 0. The van der Waals surface area contributed by atoms with E-state index < -0.39 is 0 Å². The molecule has 2 nitrogen and oxygen atoms in total. The molecule has 0 aliphatic heterocycles. The van der Waals surface area contributed by atoms with Gasteiger partial charge in [0.15, 0.2) is 6.29 Å². The Bertz CT molecular complexity index is 363. The van der Waals surface area contributed by atoms with E-state index in [0.29, 0.717) is 16.6 Å². The summed E-state index contributed by atoms with van der Waals surface area (Å²) in [6, 6.07) is 6.01. The third-order valence-electron chi connectivity index (χ3n) is 2.53. The van der Waals surface area contributed by atoms with E-state index in [9.17, 15) is 4.79 Å². The minimum atomic E-state index is 0.429. The highest BCUT2D eigenvalue weighted by atomic mass is 35.5. The highest BCUT2D eigenvalue weighted by molar-refractivity contribution is 6.33. The fourth-order valence-corrected chi connectivity index (χ4v) is 1.94. The van der Waals surface area contributed by atoms with Crippen molar-refractivity contribution in [1.29, 1.82) is 0 Å². The summed E-state index contributed by atoms with van der Waals surface area (Å²) >= 11 is 6.02. The first kappa shape index (κ1) is 13.0. The van der Waals surface area contributed by atoms with Gasteiger partial charge in [0.05, 0.1) is 5.02 Å². The Hall–Kier alpha value is -1.02. The minimum absolute atomic E-state index is 0.429. The number of nitrogens with zero attached hydrogens (tertiary/aromatic N) is 1. The van der Waals surface area contributed by atoms with Crippen LogP contribution in [-0.4, -0.2) is 18.9 Å². The van der Waals surface area contributed by atoms with Crippen LogP contribution < -0.4 is 4.90 Å². The lowest BCUT2D eigenvalue weighted by molar-refractivity contribution is 0.112. The first-order valence-corrected chi connectivity index (χ1v) is 5.99. The van der Waals surface area contributed by atoms with Crippen LogP contribution in [0, 0.1) is 0 Å². The van der Waals surface area contributed by atoms with Crippen molar-refractivity contribution in [2.45, 2.75) is 33.2 Å². The quantitative estimate of drug-likeness (QED) is 0.729. The molecule has 88 valence electrons. The van der Waals surface area contributed by atoms with Crippen LogP contribution in [0.3, 0.4) is 0 Å². The Balaban J connectivity index is 3.01. The summed E-state index contributed by atoms with van der Waals surface area (Å²) < 4.78 is 0. The summed E-state index contributed by atoms with van der Waals surface area (Å²) in [6.45, 7) is 7.44. The number of benzene rings is 1. The average molecular weight is 240 g/mol. The van der Waals surface area contributed by atoms with Crippen molar-refractivity contribution in [3.05, 3.63) is 28.8 Å². The standard InChI is InChI=1S/C13H18ClNO/c1-4-7-15(10(2)3)12-6-5-11(9-16)13(14)8-12/h5-6,8-10H,4,7H2,1-3H3. The Morgan fingerprint density at radius 2 is 2.12 bits per heavy atom. The molecule has 0 amide bonds. The van der Waals surface area contributed by atoms with E-state index in [1.54, 1.807) is 6.07 Å². The molecule has 0 unspecified atom stereocenters. The molecule has 0 aliphatic rings. The molecule has 3 heteroatoms. The first-order valence-electron chi connectivity index (χ1n) is 5.61. The van der Waals surface area contributed by atoms with E-state index in [4.69, 9.17) is 11.6 Å². The largest absolute Gasteiger partial charge is 0.369 e. The Labute approximate surface area is 102 Å². The molecule has 0 radical (unpaired) electrons. The molecule has 1 rings (SSSR count). The smallest absolute Gasteiger partial charge is 0.151 e. The van der Waals surface area contributed by atoms with Gasteiger partial charge < -0.3 is 4.90 Å². The highest BCUT2D eigenvalue weighted by Crippen LogP contribution is 2.24. The molecule has 0 saturated heterocycles. The van der Waals surface area contributed by atoms with Gasteiger partial charge in [-0.25, -0.2) is 0 Å². The third-order valence-corrected chi connectivity index (χ3v) is 2.86. The lowest BCUT2D eigenvalue weighted by Crippen LogP contribution is -2.31. The maximum Gasteiger partial charge on any atom is 0.151 e. The molecule has 1 aromatic rings. The number of halogens is 1. The number of aldehydes is 1. The number of hydrogen-bond acceptors (Lipinski definition) is 2. The van der Waals surface area contributed by atoms with Crippen molar-refractivity contribution in [1.82, 2.24) is 0 Å². The van der Waals surface area contributed by atoms with Gasteiger partial charge in [0.25, 0.3) is 0 Å². The van der Waals surface area contributed by atoms with E-state index in [1.807, 2.05) is 12.1 Å². The van der Waals surface area contributed by atoms with Crippen molar-refractivity contribution in [2.24, 2.45) is 0 Å². The zero-order chi connectivity index (χ0) is 12.1. The molecule has 0 heterocycles. The molecule has 0 bridgehead atoms. The maximum atomic E-state index is 10.7. The molecule has 16 heavy (non-hydrogen) atoms. The van der Waals surface area contributed by atoms with Gasteiger partial charge in [0, 0.05) is 23.8 Å². The third kappa shape index (κ3) is 2.99. The second-order valence-corrected chi connectivity index (χ2v) is 4.52. The van der Waals surface area contributed by atoms with Crippen LogP contribution >= 0.6 is 11.6 Å². The van der Waals surface area contributed by atoms with E-state index >= 15 is 0 Å². The molecule has 0 aliphatic carbocycles. The number of rotatable bonds is 5. The Morgan fingerprint density at radius 1 is 1.44 bits per heavy atom. The van der Waals surface area contributed by atoms with E-state index in [-0.39, 0.29) is 0 Å². The van der Waals surface area contributed by atoms with Crippen LogP contribution in [0.4, 0.5) is 5.69 Å². The van der Waals surface area contributed by atoms with Crippen LogP contribution in [0.2, 0.25) is 5.02 Å². The minimum Gasteiger partial charge on any atom is -0.369 e. The summed E-state index contributed by atoms with van der Waals surface area (Å²) in [5.41, 5.74) is 1.62. The molecule has 0 saturated carbocycles. The van der Waals surface area contributed by atoms with Gasteiger partial charge in [-0.15, -0.1) is 0 Å². The average Bonchev–Trinajstić information content (AvgIpc) is 2.25. The molecular formula is C13H18ClNO. The maximum absolute atomic E-state index is 10.7. The molecule has 0 atom stereocenters. The van der Waals surface area contributed by atoms with Crippen molar-refractivity contribution < 1.29 is 4.79 Å². The van der Waals surface area contributed by atoms with Crippen LogP contribution in [0.5, 0.6) is 0 Å². The van der Waals surface area contributed by atoms with Crippen LogP contribution in [0.25, 0.3) is 0 Å². The Kier molecular flexibility index (Phi) is 4.81. The molecule has 0 N–H and O–H groups in total. The summed E-state index contributed by atoms with van der Waals surface area (Å²) in [6.07, 6.45) is 1.87. The Morgan fingerprint density at radius 3 is 2.56 bits per heavy atom. The van der Waals surface area contributed by atoms with Crippen molar-refractivity contribution in [2.75, 3.05) is 11.4 Å². The van der Waals surface area contributed by atoms with E-state index in [2.05, 4.69) is 25.7 Å². The fraction of sp³-hybridized carbons (Fsp3) is 0.462. The van der Waals surface area contributed by atoms with Gasteiger partial charge >= 0.3 is 0 Å². The molecule has 1 aromatic carbocycles. The monoisotopic (exact) mass is 239 g/mol. The summed E-state index contributed by atoms with van der Waals surface area (Å²) in [4.78, 5) is 12.9. The first-order chi connectivity index (χ1) is 7.60. The molecule has 0 fully saturated rings. The van der Waals surface area contributed by atoms with E-state index in [0.717, 1.165) is 24.9 Å². The van der Waals surface area contributed by atoms with E-state index in [1.165, 1.54) is 0 Å².